The molecule has 0 N–H and O–H groups in total. The van der Waals surface area contributed by atoms with Crippen molar-refractivity contribution in [2.75, 3.05) is 31.1 Å². The fraction of sp³-hybridized carbons (Fsp3) is 0.389. The van der Waals surface area contributed by atoms with Crippen molar-refractivity contribution >= 4 is 31.8 Å². The van der Waals surface area contributed by atoms with Gasteiger partial charge in [0, 0.05) is 61.1 Å². The van der Waals surface area contributed by atoms with Crippen LogP contribution in [-0.2, 0) is 16.4 Å². The molecule has 0 saturated carbocycles. The summed E-state index contributed by atoms with van der Waals surface area (Å²) in [5.41, 5.74) is 0. The summed E-state index contributed by atoms with van der Waals surface area (Å²) in [6.07, 6.45) is 9.14. The first-order valence-electron chi connectivity index (χ1n) is 8.84. The Kier molecular flexibility index (Phi) is 6.92. The highest BCUT2D eigenvalue weighted by Gasteiger charge is 2.25. The van der Waals surface area contributed by atoms with E-state index in [0.717, 1.165) is 29.0 Å². The van der Waals surface area contributed by atoms with Gasteiger partial charge in [0.15, 0.2) is 0 Å². The fourth-order valence-electron chi connectivity index (χ4n) is 2.84. The topological polar surface area (TPSA) is 79.3 Å². The Bertz CT molecular complexity index is 851. The van der Waals surface area contributed by atoms with E-state index >= 15 is 0 Å². The van der Waals surface area contributed by atoms with Gasteiger partial charge in [0.25, 0.3) is 0 Å². The van der Waals surface area contributed by atoms with E-state index < -0.39 is 10.0 Å². The molecule has 1 fully saturated rings. The Labute approximate surface area is 168 Å². The van der Waals surface area contributed by atoms with Crippen LogP contribution < -0.4 is 4.90 Å². The van der Waals surface area contributed by atoms with Crippen molar-refractivity contribution in [3.8, 4) is 0 Å². The van der Waals surface area contributed by atoms with Crippen molar-refractivity contribution in [3.05, 3.63) is 58.6 Å². The number of hydrogen-bond acceptors (Lipinski definition) is 6. The van der Waals surface area contributed by atoms with Gasteiger partial charge in [-0.1, -0.05) is 6.08 Å². The molecule has 9 heteroatoms. The van der Waals surface area contributed by atoms with Crippen LogP contribution in [0.15, 0.2) is 52.7 Å². The monoisotopic (exact) mass is 451 g/mol. The van der Waals surface area contributed by atoms with Crippen LogP contribution >= 0.6 is 15.9 Å². The normalized spacial score (nSPS) is 16.1. The van der Waals surface area contributed by atoms with Gasteiger partial charge in [-0.3, -0.25) is 0 Å². The zero-order valence-electron chi connectivity index (χ0n) is 14.9. The SMILES string of the molecule is O=S(=O)(/C=C/CCCc1ncccn1)N1CCN(c2ccc(Br)cn2)CC1. The number of rotatable bonds is 7. The second-order valence-corrected chi connectivity index (χ2v) is 8.93. The third-order valence-electron chi connectivity index (χ3n) is 4.29. The van der Waals surface area contributed by atoms with Gasteiger partial charge in [-0.2, -0.15) is 4.31 Å². The van der Waals surface area contributed by atoms with Crippen molar-refractivity contribution in [3.63, 3.8) is 0 Å². The molecule has 144 valence electrons. The Morgan fingerprint density at radius 3 is 2.48 bits per heavy atom. The largest absolute Gasteiger partial charge is 0.354 e. The summed E-state index contributed by atoms with van der Waals surface area (Å²) in [6.45, 7) is 2.19. The predicted molar refractivity (Wildman–Crippen MR) is 109 cm³/mol. The summed E-state index contributed by atoms with van der Waals surface area (Å²) in [5.74, 6) is 1.65. The van der Waals surface area contributed by atoms with Gasteiger partial charge in [0.1, 0.15) is 11.6 Å². The molecule has 2 aromatic heterocycles. The zero-order valence-corrected chi connectivity index (χ0v) is 17.3. The number of piperazine rings is 1. The fourth-order valence-corrected chi connectivity index (χ4v) is 4.30. The first-order valence-corrected chi connectivity index (χ1v) is 11.1. The molecule has 3 rings (SSSR count). The second-order valence-electron chi connectivity index (χ2n) is 6.19. The number of allylic oxidation sites excluding steroid dienone is 1. The van der Waals surface area contributed by atoms with E-state index in [4.69, 9.17) is 0 Å². The number of sulfonamides is 1. The van der Waals surface area contributed by atoms with E-state index in [9.17, 15) is 8.42 Å². The lowest BCUT2D eigenvalue weighted by Crippen LogP contribution is -2.48. The molecular formula is C18H22BrN5O2S. The molecular weight excluding hydrogens is 430 g/mol. The number of pyridine rings is 1. The molecule has 1 aliphatic rings. The smallest absolute Gasteiger partial charge is 0.236 e. The number of halogens is 1. The average Bonchev–Trinajstić information content (AvgIpc) is 2.69. The van der Waals surface area contributed by atoms with Crippen LogP contribution in [0.5, 0.6) is 0 Å². The predicted octanol–water partition coefficient (Wildman–Crippen LogP) is 2.62. The number of anilines is 1. The second kappa shape index (κ2) is 9.38. The highest BCUT2D eigenvalue weighted by molar-refractivity contribution is 9.10. The minimum Gasteiger partial charge on any atom is -0.354 e. The highest BCUT2D eigenvalue weighted by Crippen LogP contribution is 2.18. The van der Waals surface area contributed by atoms with Gasteiger partial charge >= 0.3 is 0 Å². The average molecular weight is 452 g/mol. The molecule has 0 spiro atoms. The Hall–Kier alpha value is -1.84. The third-order valence-corrected chi connectivity index (χ3v) is 6.38. The van der Waals surface area contributed by atoms with Crippen molar-refractivity contribution in [2.45, 2.75) is 19.3 Å². The van der Waals surface area contributed by atoms with Crippen LogP contribution in [0.1, 0.15) is 18.7 Å². The summed E-state index contributed by atoms with van der Waals surface area (Å²) >= 11 is 3.37. The van der Waals surface area contributed by atoms with Crippen LogP contribution in [0.25, 0.3) is 0 Å². The van der Waals surface area contributed by atoms with Crippen molar-refractivity contribution < 1.29 is 8.42 Å². The summed E-state index contributed by atoms with van der Waals surface area (Å²) in [6, 6.07) is 5.65. The quantitative estimate of drug-likeness (QED) is 0.601. The Morgan fingerprint density at radius 1 is 1.07 bits per heavy atom. The number of unbranched alkanes of at least 4 members (excludes halogenated alkanes) is 1. The lowest BCUT2D eigenvalue weighted by Gasteiger charge is -2.34. The van der Waals surface area contributed by atoms with E-state index in [-0.39, 0.29) is 0 Å². The number of aryl methyl sites for hydroxylation is 1. The maximum atomic E-state index is 12.5. The highest BCUT2D eigenvalue weighted by atomic mass is 79.9. The van der Waals surface area contributed by atoms with Crippen molar-refractivity contribution in [1.29, 1.82) is 0 Å². The number of hydrogen-bond donors (Lipinski definition) is 0. The Morgan fingerprint density at radius 2 is 1.81 bits per heavy atom. The van der Waals surface area contributed by atoms with Crippen molar-refractivity contribution in [2.24, 2.45) is 0 Å². The lowest BCUT2D eigenvalue weighted by atomic mass is 10.2. The van der Waals surface area contributed by atoms with Gasteiger partial charge < -0.3 is 4.90 Å². The minimum atomic E-state index is -3.37. The molecule has 7 nitrogen and oxygen atoms in total. The third kappa shape index (κ3) is 5.82. The number of aromatic nitrogens is 3. The molecule has 0 aromatic carbocycles. The van der Waals surface area contributed by atoms with Crippen LogP contribution in [0.2, 0.25) is 0 Å². The molecule has 0 radical (unpaired) electrons. The van der Waals surface area contributed by atoms with Crippen LogP contribution in [0.3, 0.4) is 0 Å². The van der Waals surface area contributed by atoms with E-state index in [1.807, 2.05) is 12.1 Å². The van der Waals surface area contributed by atoms with Gasteiger partial charge in [-0.15, -0.1) is 0 Å². The minimum absolute atomic E-state index is 0.461. The van der Waals surface area contributed by atoms with Crippen LogP contribution in [0.4, 0.5) is 5.82 Å². The summed E-state index contributed by atoms with van der Waals surface area (Å²) in [4.78, 5) is 14.8. The molecule has 0 bridgehead atoms. The van der Waals surface area contributed by atoms with Crippen LogP contribution in [-0.4, -0.2) is 53.9 Å². The summed E-state index contributed by atoms with van der Waals surface area (Å²) in [5, 5.41) is 1.33. The molecule has 27 heavy (non-hydrogen) atoms. The standard InChI is InChI=1S/C18H22BrN5O2S/c19-16-6-7-18(22-15-16)23-10-12-24(13-11-23)27(25,26)14-3-1-2-5-17-20-8-4-9-21-17/h3-4,6-9,14-15H,1-2,5,10-13H2/b14-3+. The first-order chi connectivity index (χ1) is 13.0. The molecule has 3 heterocycles. The summed E-state index contributed by atoms with van der Waals surface area (Å²) < 4.78 is 27.4. The van der Waals surface area contributed by atoms with Gasteiger partial charge in [-0.25, -0.2) is 23.4 Å². The van der Waals surface area contributed by atoms with E-state index in [1.54, 1.807) is 30.7 Å². The summed E-state index contributed by atoms with van der Waals surface area (Å²) in [7, 11) is -3.37. The zero-order chi connectivity index (χ0) is 19.1. The van der Waals surface area contributed by atoms with Crippen molar-refractivity contribution in [1.82, 2.24) is 19.3 Å². The maximum Gasteiger partial charge on any atom is 0.236 e. The van der Waals surface area contributed by atoms with Gasteiger partial charge in [-0.05, 0) is 47.0 Å². The molecule has 0 unspecified atom stereocenters. The van der Waals surface area contributed by atoms with E-state index in [2.05, 4.69) is 35.8 Å². The van der Waals surface area contributed by atoms with Gasteiger partial charge in [0.2, 0.25) is 10.0 Å². The molecule has 0 aliphatic carbocycles. The molecule has 0 amide bonds. The Balaban J connectivity index is 1.45. The molecule has 1 aliphatic heterocycles. The van der Waals surface area contributed by atoms with E-state index in [0.29, 0.717) is 32.6 Å². The number of nitrogens with zero attached hydrogens (tertiary/aromatic N) is 5. The molecule has 1 saturated heterocycles. The van der Waals surface area contributed by atoms with E-state index in [1.165, 1.54) is 9.71 Å². The lowest BCUT2D eigenvalue weighted by molar-refractivity contribution is 0.388. The van der Waals surface area contributed by atoms with Crippen LogP contribution in [0, 0.1) is 0 Å². The first kappa shape index (κ1) is 19.9. The molecule has 2 aromatic rings. The van der Waals surface area contributed by atoms with Gasteiger partial charge in [0.05, 0.1) is 0 Å². The maximum absolute atomic E-state index is 12.5. The molecule has 0 atom stereocenters.